The van der Waals surface area contributed by atoms with Gasteiger partial charge in [0.1, 0.15) is 17.2 Å². The zero-order valence-corrected chi connectivity index (χ0v) is 13.1. The van der Waals surface area contributed by atoms with E-state index in [0.29, 0.717) is 10.0 Å². The van der Waals surface area contributed by atoms with Crippen molar-refractivity contribution < 1.29 is 0 Å². The third-order valence-electron chi connectivity index (χ3n) is 3.16. The molecule has 1 aromatic rings. The van der Waals surface area contributed by atoms with Crippen molar-refractivity contribution in [1.82, 2.24) is 4.90 Å². The van der Waals surface area contributed by atoms with Crippen LogP contribution in [0.2, 0.25) is 10.0 Å². The van der Waals surface area contributed by atoms with Gasteiger partial charge in [-0.05, 0) is 24.6 Å². The van der Waals surface area contributed by atoms with Crippen molar-refractivity contribution >= 4 is 35.0 Å². The molecule has 0 N–H and O–H groups in total. The van der Waals surface area contributed by atoms with Crippen molar-refractivity contribution in [1.29, 1.82) is 10.5 Å². The smallest absolute Gasteiger partial charge is 0.159 e. The maximum Gasteiger partial charge on any atom is 0.159 e. The summed E-state index contributed by atoms with van der Waals surface area (Å²) in [4.78, 5) is 2.06. The summed E-state index contributed by atoms with van der Waals surface area (Å²) in [5, 5.41) is 19.8. The highest BCUT2D eigenvalue weighted by molar-refractivity contribution is 8.03. The summed E-state index contributed by atoms with van der Waals surface area (Å²) in [5.41, 5.74) is 1.18. The molecule has 1 aliphatic rings. The second-order valence-electron chi connectivity index (χ2n) is 4.30. The number of allylic oxidation sites excluding steroid dienone is 1. The van der Waals surface area contributed by atoms with E-state index in [1.807, 2.05) is 31.2 Å². The SMILES string of the molecule is C[C@@H](c1ccc(Cl)c(Cl)c1)N1CCSC1=C(C#N)C#N. The number of rotatable bonds is 2. The molecular weight excluding hydrogens is 313 g/mol. The summed E-state index contributed by atoms with van der Waals surface area (Å²) in [5.74, 6) is 0.869. The van der Waals surface area contributed by atoms with Gasteiger partial charge < -0.3 is 4.90 Å². The molecule has 6 heteroatoms. The molecule has 1 aliphatic heterocycles. The zero-order valence-electron chi connectivity index (χ0n) is 10.7. The molecule has 1 heterocycles. The number of halogens is 2. The Morgan fingerprint density at radius 2 is 2.00 bits per heavy atom. The Morgan fingerprint density at radius 3 is 2.60 bits per heavy atom. The molecule has 0 radical (unpaired) electrons. The highest BCUT2D eigenvalue weighted by Gasteiger charge is 2.27. The van der Waals surface area contributed by atoms with Crippen LogP contribution in [0, 0.1) is 22.7 Å². The first kappa shape index (κ1) is 15.1. The van der Waals surface area contributed by atoms with Gasteiger partial charge in [-0.2, -0.15) is 10.5 Å². The lowest BCUT2D eigenvalue weighted by molar-refractivity contribution is 0.317. The molecule has 0 aromatic heterocycles. The molecule has 0 bridgehead atoms. The molecule has 1 aromatic carbocycles. The highest BCUT2D eigenvalue weighted by Crippen LogP contribution is 2.38. The Hall–Kier alpha value is -1.33. The maximum absolute atomic E-state index is 9.03. The molecule has 102 valence electrons. The van der Waals surface area contributed by atoms with Crippen LogP contribution < -0.4 is 0 Å². The lowest BCUT2D eigenvalue weighted by atomic mass is 10.1. The Labute approximate surface area is 132 Å². The second-order valence-corrected chi connectivity index (χ2v) is 6.19. The molecule has 20 heavy (non-hydrogen) atoms. The summed E-state index contributed by atoms with van der Waals surface area (Å²) in [6.45, 7) is 2.83. The summed E-state index contributed by atoms with van der Waals surface area (Å²) in [6, 6.07) is 9.46. The van der Waals surface area contributed by atoms with Gasteiger partial charge in [0.15, 0.2) is 5.57 Å². The van der Waals surface area contributed by atoms with Crippen LogP contribution in [0.4, 0.5) is 0 Å². The van der Waals surface area contributed by atoms with Gasteiger partial charge in [-0.3, -0.25) is 0 Å². The molecule has 0 aliphatic carbocycles. The van der Waals surface area contributed by atoms with Crippen molar-refractivity contribution in [3.63, 3.8) is 0 Å². The maximum atomic E-state index is 9.03. The van der Waals surface area contributed by atoms with E-state index in [-0.39, 0.29) is 11.6 Å². The molecule has 2 rings (SSSR count). The fourth-order valence-electron chi connectivity index (χ4n) is 2.08. The van der Waals surface area contributed by atoms with Gasteiger partial charge in [-0.25, -0.2) is 0 Å². The normalized spacial score (nSPS) is 15.7. The predicted octanol–water partition coefficient (Wildman–Crippen LogP) is 4.36. The molecule has 1 fully saturated rings. The van der Waals surface area contributed by atoms with E-state index in [9.17, 15) is 0 Å². The fourth-order valence-corrected chi connectivity index (χ4v) is 3.52. The molecular formula is C14H11Cl2N3S. The van der Waals surface area contributed by atoms with Gasteiger partial charge in [0, 0.05) is 12.3 Å². The van der Waals surface area contributed by atoms with Crippen LogP contribution in [-0.2, 0) is 0 Å². The van der Waals surface area contributed by atoms with Crippen LogP contribution >= 0.6 is 35.0 Å². The molecule has 0 unspecified atom stereocenters. The van der Waals surface area contributed by atoms with Crippen molar-refractivity contribution in [2.75, 3.05) is 12.3 Å². The minimum atomic E-state index is 0.0338. The number of nitriles is 2. The summed E-state index contributed by atoms with van der Waals surface area (Å²) in [6.07, 6.45) is 0. The van der Waals surface area contributed by atoms with E-state index in [2.05, 4.69) is 4.90 Å². The lowest BCUT2D eigenvalue weighted by Crippen LogP contribution is -2.23. The van der Waals surface area contributed by atoms with E-state index >= 15 is 0 Å². The van der Waals surface area contributed by atoms with Crippen molar-refractivity contribution in [3.8, 4) is 12.1 Å². The van der Waals surface area contributed by atoms with Crippen LogP contribution in [0.3, 0.4) is 0 Å². The third kappa shape index (κ3) is 2.88. The molecule has 0 spiro atoms. The van der Waals surface area contributed by atoms with Gasteiger partial charge in [0.25, 0.3) is 0 Å². The molecule has 1 saturated heterocycles. The van der Waals surface area contributed by atoms with Crippen molar-refractivity contribution in [3.05, 3.63) is 44.4 Å². The summed E-state index contributed by atoms with van der Waals surface area (Å²) in [7, 11) is 0. The van der Waals surface area contributed by atoms with E-state index in [1.165, 1.54) is 11.8 Å². The van der Waals surface area contributed by atoms with E-state index < -0.39 is 0 Å². The monoisotopic (exact) mass is 323 g/mol. The van der Waals surface area contributed by atoms with E-state index in [1.54, 1.807) is 6.07 Å². The van der Waals surface area contributed by atoms with Gasteiger partial charge in [-0.15, -0.1) is 11.8 Å². The number of hydrogen-bond donors (Lipinski definition) is 0. The first-order chi connectivity index (χ1) is 9.58. The van der Waals surface area contributed by atoms with Crippen molar-refractivity contribution in [2.45, 2.75) is 13.0 Å². The number of nitrogens with zero attached hydrogens (tertiary/aromatic N) is 3. The molecule has 0 saturated carbocycles. The first-order valence-electron chi connectivity index (χ1n) is 5.97. The molecule has 1 atom stereocenters. The third-order valence-corrected chi connectivity index (χ3v) is 5.00. The Morgan fingerprint density at radius 1 is 1.30 bits per heavy atom. The number of benzene rings is 1. The minimum absolute atomic E-state index is 0.0338. The zero-order chi connectivity index (χ0) is 14.7. The van der Waals surface area contributed by atoms with Gasteiger partial charge >= 0.3 is 0 Å². The van der Waals surface area contributed by atoms with Gasteiger partial charge in [0.05, 0.1) is 16.1 Å². The van der Waals surface area contributed by atoms with Crippen molar-refractivity contribution in [2.24, 2.45) is 0 Å². The Balaban J connectivity index is 2.36. The van der Waals surface area contributed by atoms with Gasteiger partial charge in [0.2, 0.25) is 0 Å². The lowest BCUT2D eigenvalue weighted by Gasteiger charge is -2.27. The molecule has 0 amide bonds. The fraction of sp³-hybridized carbons (Fsp3) is 0.286. The van der Waals surface area contributed by atoms with Crippen LogP contribution in [0.25, 0.3) is 0 Å². The minimum Gasteiger partial charge on any atom is -0.357 e. The largest absolute Gasteiger partial charge is 0.357 e. The molecule has 3 nitrogen and oxygen atoms in total. The second kappa shape index (κ2) is 6.41. The van der Waals surface area contributed by atoms with E-state index in [0.717, 1.165) is 22.9 Å². The number of hydrogen-bond acceptors (Lipinski definition) is 4. The van der Waals surface area contributed by atoms with E-state index in [4.69, 9.17) is 33.7 Å². The first-order valence-corrected chi connectivity index (χ1v) is 7.71. The Bertz CT molecular complexity index is 627. The summed E-state index contributed by atoms with van der Waals surface area (Å²) >= 11 is 13.5. The van der Waals surface area contributed by atoms with Crippen LogP contribution in [0.1, 0.15) is 18.5 Å². The topological polar surface area (TPSA) is 50.8 Å². The standard InChI is InChI=1S/C14H11Cl2N3S/c1-9(10-2-3-12(15)13(16)6-10)19-4-5-20-14(19)11(7-17)8-18/h2-3,6,9H,4-5H2,1H3/t9-/m0/s1. The quantitative estimate of drug-likeness (QED) is 0.758. The van der Waals surface area contributed by atoms with Crippen LogP contribution in [0.5, 0.6) is 0 Å². The average Bonchev–Trinajstić information content (AvgIpc) is 2.92. The van der Waals surface area contributed by atoms with Crippen LogP contribution in [-0.4, -0.2) is 17.2 Å². The van der Waals surface area contributed by atoms with Gasteiger partial charge in [-0.1, -0.05) is 29.3 Å². The van der Waals surface area contributed by atoms with Crippen LogP contribution in [0.15, 0.2) is 28.8 Å². The highest BCUT2D eigenvalue weighted by atomic mass is 35.5. The summed E-state index contributed by atoms with van der Waals surface area (Å²) < 4.78 is 0. The Kier molecular flexibility index (Phi) is 4.83. The number of thioether (sulfide) groups is 1. The average molecular weight is 324 g/mol. The predicted molar refractivity (Wildman–Crippen MR) is 82.3 cm³/mol.